The Morgan fingerprint density at radius 2 is 1.70 bits per heavy atom. The number of nitriles is 1. The Kier molecular flexibility index (Phi) is 4.51. The summed E-state index contributed by atoms with van der Waals surface area (Å²) < 4.78 is 0. The Balaban J connectivity index is 2.31. The van der Waals surface area contributed by atoms with Crippen LogP contribution in [0.4, 0.5) is 5.69 Å². The maximum atomic E-state index is 12.1. The molecule has 1 amide bonds. The highest BCUT2D eigenvalue weighted by atomic mass is 35.5. The van der Waals surface area contributed by atoms with Crippen molar-refractivity contribution in [3.8, 4) is 6.07 Å². The van der Waals surface area contributed by atoms with E-state index in [0.29, 0.717) is 15.7 Å². The molecule has 0 saturated heterocycles. The van der Waals surface area contributed by atoms with Crippen LogP contribution in [-0.4, -0.2) is 5.91 Å². The van der Waals surface area contributed by atoms with Crippen LogP contribution in [0.2, 0.25) is 15.1 Å². The van der Waals surface area contributed by atoms with Crippen LogP contribution in [-0.2, 0) is 0 Å². The van der Waals surface area contributed by atoms with Crippen LogP contribution in [0, 0.1) is 11.3 Å². The molecular formula is C14H7Cl3N2O. The van der Waals surface area contributed by atoms with E-state index in [1.807, 2.05) is 6.07 Å². The van der Waals surface area contributed by atoms with Gasteiger partial charge < -0.3 is 5.32 Å². The van der Waals surface area contributed by atoms with Crippen LogP contribution in [0.1, 0.15) is 15.9 Å². The van der Waals surface area contributed by atoms with Crippen LogP contribution in [0.25, 0.3) is 0 Å². The molecule has 0 heterocycles. The van der Waals surface area contributed by atoms with Crippen LogP contribution in [0.5, 0.6) is 0 Å². The van der Waals surface area contributed by atoms with Gasteiger partial charge in [0.1, 0.15) is 6.07 Å². The predicted molar refractivity (Wildman–Crippen MR) is 80.6 cm³/mol. The van der Waals surface area contributed by atoms with Gasteiger partial charge in [-0.3, -0.25) is 4.79 Å². The number of amides is 1. The Labute approximate surface area is 130 Å². The van der Waals surface area contributed by atoms with Crippen molar-refractivity contribution in [1.29, 1.82) is 5.26 Å². The van der Waals surface area contributed by atoms with Crippen LogP contribution in [0.15, 0.2) is 36.4 Å². The number of nitrogens with one attached hydrogen (secondary N) is 1. The first-order valence-corrected chi connectivity index (χ1v) is 6.60. The molecule has 0 spiro atoms. The zero-order valence-corrected chi connectivity index (χ0v) is 12.2. The summed E-state index contributed by atoms with van der Waals surface area (Å²) in [6.07, 6.45) is 0. The highest BCUT2D eigenvalue weighted by Gasteiger charge is 2.13. The zero-order valence-electron chi connectivity index (χ0n) is 9.95. The SMILES string of the molecule is N#Cc1cc(Cl)ccc1NC(=O)c1ccc(Cl)cc1Cl. The summed E-state index contributed by atoms with van der Waals surface area (Å²) in [4.78, 5) is 12.1. The minimum atomic E-state index is -0.425. The van der Waals surface area contributed by atoms with E-state index in [0.717, 1.165) is 0 Å². The third-order valence-corrected chi connectivity index (χ3v) is 3.31. The third-order valence-electron chi connectivity index (χ3n) is 2.53. The fourth-order valence-electron chi connectivity index (χ4n) is 1.58. The van der Waals surface area contributed by atoms with Crippen LogP contribution >= 0.6 is 34.8 Å². The summed E-state index contributed by atoms with van der Waals surface area (Å²) in [6.45, 7) is 0. The molecule has 0 bridgehead atoms. The molecule has 0 saturated carbocycles. The molecule has 1 N–H and O–H groups in total. The molecule has 0 radical (unpaired) electrons. The van der Waals surface area contributed by atoms with Crippen molar-refractivity contribution >= 4 is 46.4 Å². The zero-order chi connectivity index (χ0) is 14.7. The molecule has 0 unspecified atom stereocenters. The molecule has 0 atom stereocenters. The molecule has 3 nitrogen and oxygen atoms in total. The van der Waals surface area contributed by atoms with E-state index in [9.17, 15) is 4.79 Å². The lowest BCUT2D eigenvalue weighted by atomic mass is 10.1. The summed E-state index contributed by atoms with van der Waals surface area (Å²) in [7, 11) is 0. The topological polar surface area (TPSA) is 52.9 Å². The Morgan fingerprint density at radius 1 is 1.05 bits per heavy atom. The highest BCUT2D eigenvalue weighted by Crippen LogP contribution is 2.24. The van der Waals surface area contributed by atoms with Gasteiger partial charge in [0.05, 0.1) is 21.8 Å². The summed E-state index contributed by atoms with van der Waals surface area (Å²) in [6, 6.07) is 11.1. The van der Waals surface area contributed by atoms with E-state index in [-0.39, 0.29) is 16.1 Å². The van der Waals surface area contributed by atoms with E-state index >= 15 is 0 Å². The standard InChI is InChI=1S/C14H7Cl3N2O/c15-9-2-4-13(8(5-9)7-18)19-14(20)11-3-1-10(16)6-12(11)17/h1-6H,(H,19,20). The smallest absolute Gasteiger partial charge is 0.257 e. The number of halogens is 3. The van der Waals surface area contributed by atoms with E-state index in [2.05, 4.69) is 5.32 Å². The molecule has 0 aliphatic heterocycles. The molecule has 0 aliphatic rings. The summed E-state index contributed by atoms with van der Waals surface area (Å²) in [5, 5.41) is 12.7. The van der Waals surface area contributed by atoms with Gasteiger partial charge >= 0.3 is 0 Å². The normalized spacial score (nSPS) is 9.90. The van der Waals surface area contributed by atoms with Crippen molar-refractivity contribution in [2.45, 2.75) is 0 Å². The summed E-state index contributed by atoms with van der Waals surface area (Å²) >= 11 is 17.5. The first-order valence-electron chi connectivity index (χ1n) is 5.47. The van der Waals surface area contributed by atoms with Crippen LogP contribution < -0.4 is 5.32 Å². The molecule has 0 aliphatic carbocycles. The lowest BCUT2D eigenvalue weighted by Crippen LogP contribution is -2.13. The number of rotatable bonds is 2. The van der Waals surface area contributed by atoms with Crippen molar-refractivity contribution in [2.24, 2.45) is 0 Å². The fraction of sp³-hybridized carbons (Fsp3) is 0. The van der Waals surface area contributed by atoms with Gasteiger partial charge in [0, 0.05) is 10.0 Å². The van der Waals surface area contributed by atoms with Gasteiger partial charge in [0.2, 0.25) is 0 Å². The van der Waals surface area contributed by atoms with E-state index in [1.54, 1.807) is 18.2 Å². The maximum Gasteiger partial charge on any atom is 0.257 e. The Morgan fingerprint density at radius 3 is 2.35 bits per heavy atom. The monoisotopic (exact) mass is 324 g/mol. The number of anilines is 1. The highest BCUT2D eigenvalue weighted by molar-refractivity contribution is 6.37. The quantitative estimate of drug-likeness (QED) is 0.864. The summed E-state index contributed by atoms with van der Waals surface area (Å²) in [5.74, 6) is -0.425. The molecule has 6 heteroatoms. The van der Waals surface area contributed by atoms with Gasteiger partial charge in [0.25, 0.3) is 5.91 Å². The summed E-state index contributed by atoms with van der Waals surface area (Å²) in [5.41, 5.74) is 0.916. The van der Waals surface area contributed by atoms with Crippen molar-refractivity contribution < 1.29 is 4.79 Å². The van der Waals surface area contributed by atoms with Gasteiger partial charge in [-0.05, 0) is 36.4 Å². The first-order chi connectivity index (χ1) is 9.51. The Hall–Kier alpha value is -1.73. The minimum Gasteiger partial charge on any atom is -0.321 e. The van der Waals surface area contributed by atoms with Crippen molar-refractivity contribution in [3.63, 3.8) is 0 Å². The molecular weight excluding hydrogens is 319 g/mol. The number of hydrogen-bond donors (Lipinski definition) is 1. The second-order valence-electron chi connectivity index (χ2n) is 3.88. The molecule has 2 aromatic carbocycles. The molecule has 0 aromatic heterocycles. The second kappa shape index (κ2) is 6.15. The van der Waals surface area contributed by atoms with E-state index in [4.69, 9.17) is 40.1 Å². The maximum absolute atomic E-state index is 12.1. The average molecular weight is 326 g/mol. The number of hydrogen-bond acceptors (Lipinski definition) is 2. The number of carbonyl (C=O) groups is 1. The number of nitrogens with zero attached hydrogens (tertiary/aromatic N) is 1. The molecule has 0 fully saturated rings. The Bertz CT molecular complexity index is 723. The fourth-order valence-corrected chi connectivity index (χ4v) is 2.25. The largest absolute Gasteiger partial charge is 0.321 e. The van der Waals surface area contributed by atoms with Crippen molar-refractivity contribution in [1.82, 2.24) is 0 Å². The average Bonchev–Trinajstić information content (AvgIpc) is 2.40. The molecule has 2 rings (SSSR count). The number of benzene rings is 2. The van der Waals surface area contributed by atoms with E-state index < -0.39 is 5.91 Å². The van der Waals surface area contributed by atoms with E-state index in [1.165, 1.54) is 18.2 Å². The minimum absolute atomic E-state index is 0.238. The van der Waals surface area contributed by atoms with Gasteiger partial charge in [-0.25, -0.2) is 0 Å². The molecule has 2 aromatic rings. The molecule has 100 valence electrons. The first kappa shape index (κ1) is 14.7. The predicted octanol–water partition coefficient (Wildman–Crippen LogP) is 4.77. The molecule has 20 heavy (non-hydrogen) atoms. The number of carbonyl (C=O) groups excluding carboxylic acids is 1. The lowest BCUT2D eigenvalue weighted by Gasteiger charge is -2.08. The second-order valence-corrected chi connectivity index (χ2v) is 5.16. The van der Waals surface area contributed by atoms with Crippen molar-refractivity contribution in [2.75, 3.05) is 5.32 Å². The van der Waals surface area contributed by atoms with Gasteiger partial charge in [0.15, 0.2) is 0 Å². The van der Waals surface area contributed by atoms with Crippen LogP contribution in [0.3, 0.4) is 0 Å². The van der Waals surface area contributed by atoms with Gasteiger partial charge in [-0.15, -0.1) is 0 Å². The third kappa shape index (κ3) is 3.23. The lowest BCUT2D eigenvalue weighted by molar-refractivity contribution is 0.102. The van der Waals surface area contributed by atoms with Gasteiger partial charge in [-0.2, -0.15) is 5.26 Å². The van der Waals surface area contributed by atoms with Gasteiger partial charge in [-0.1, -0.05) is 34.8 Å². The van der Waals surface area contributed by atoms with Crippen molar-refractivity contribution in [3.05, 3.63) is 62.6 Å².